The quantitative estimate of drug-likeness (QED) is 0.0704. The van der Waals surface area contributed by atoms with Crippen molar-refractivity contribution in [3.63, 3.8) is 0 Å². The van der Waals surface area contributed by atoms with Crippen LogP contribution in [0.2, 0.25) is 20.1 Å². The molecule has 0 saturated carbocycles. The average Bonchev–Trinajstić information content (AvgIpc) is 3.17. The molecule has 0 spiro atoms. The molecule has 2 saturated heterocycles. The van der Waals surface area contributed by atoms with E-state index in [0.717, 1.165) is 37.1 Å². The fourth-order valence-corrected chi connectivity index (χ4v) is 8.51. The molecule has 0 radical (unpaired) electrons. The maximum absolute atomic E-state index is 9.86. The molecule has 4 rings (SSSR count). The van der Waals surface area contributed by atoms with Crippen LogP contribution in [0.1, 0.15) is 127 Å². The van der Waals surface area contributed by atoms with Crippen molar-refractivity contribution in [2.45, 2.75) is 141 Å². The smallest absolute Gasteiger partial charge is 0.153 e. The van der Waals surface area contributed by atoms with E-state index in [-0.39, 0.29) is 11.5 Å². The minimum atomic E-state index is -0.0289. The van der Waals surface area contributed by atoms with Gasteiger partial charge < -0.3 is 35.4 Å². The first-order valence-corrected chi connectivity index (χ1v) is 22.2. The van der Waals surface area contributed by atoms with E-state index in [4.69, 9.17) is 51.1 Å². The van der Waals surface area contributed by atoms with Crippen LogP contribution < -0.4 is 10.6 Å². The Morgan fingerprint density at radius 2 is 0.849 bits per heavy atom. The molecule has 7 nitrogen and oxygen atoms in total. The largest absolute Gasteiger partial charge is 0.505 e. The zero-order valence-corrected chi connectivity index (χ0v) is 35.0. The summed E-state index contributed by atoms with van der Waals surface area (Å²) in [6.07, 6.45) is 23.7. The minimum absolute atomic E-state index is 0.0289. The van der Waals surface area contributed by atoms with Gasteiger partial charge in [-0.3, -0.25) is 0 Å². The molecule has 0 aliphatic carbocycles. The van der Waals surface area contributed by atoms with Crippen LogP contribution >= 0.6 is 46.4 Å². The lowest BCUT2D eigenvalue weighted by Gasteiger charge is -2.37. The molecule has 2 aliphatic rings. The third kappa shape index (κ3) is 16.9. The van der Waals surface area contributed by atoms with Gasteiger partial charge >= 0.3 is 0 Å². The van der Waals surface area contributed by atoms with Crippen molar-refractivity contribution in [3.05, 3.63) is 55.5 Å². The topological polar surface area (TPSA) is 80.2 Å². The zero-order valence-electron chi connectivity index (χ0n) is 32.0. The molecule has 2 aromatic rings. The summed E-state index contributed by atoms with van der Waals surface area (Å²) in [7, 11) is 0. The van der Waals surface area contributed by atoms with Gasteiger partial charge in [0.15, 0.2) is 11.5 Å². The van der Waals surface area contributed by atoms with Gasteiger partial charge in [0.25, 0.3) is 0 Å². The third-order valence-electron chi connectivity index (χ3n) is 11.0. The Labute approximate surface area is 340 Å². The summed E-state index contributed by atoms with van der Waals surface area (Å²) in [6, 6.07) is 7.11. The molecule has 53 heavy (non-hydrogen) atoms. The van der Waals surface area contributed by atoms with Gasteiger partial charge in [0.05, 0.1) is 32.3 Å². The van der Waals surface area contributed by atoms with E-state index >= 15 is 0 Å². The molecule has 300 valence electrons. The Bertz CT molecular complexity index is 1210. The Morgan fingerprint density at radius 3 is 1.23 bits per heavy atom. The van der Waals surface area contributed by atoms with Gasteiger partial charge in [-0.2, -0.15) is 0 Å². The van der Waals surface area contributed by atoms with Crippen molar-refractivity contribution in [1.29, 1.82) is 0 Å². The van der Waals surface area contributed by atoms with Crippen molar-refractivity contribution in [2.24, 2.45) is 0 Å². The SMILES string of the molecule is Oc1c(Cl)ccc(CNCCCCCCCCCN2CCC(OC3CCN(CCCCCCCCCNCc4ccc(Cl)c(O)c4Cl)CC3)CC2)c1Cl. The highest BCUT2D eigenvalue weighted by Crippen LogP contribution is 2.35. The maximum atomic E-state index is 9.86. The second kappa shape index (κ2) is 26.0. The summed E-state index contributed by atoms with van der Waals surface area (Å²) in [5.41, 5.74) is 1.76. The van der Waals surface area contributed by atoms with Crippen molar-refractivity contribution >= 4 is 46.4 Å². The second-order valence-corrected chi connectivity index (χ2v) is 16.8. The normalized spacial score (nSPS) is 16.5. The number of phenols is 2. The maximum Gasteiger partial charge on any atom is 0.153 e. The molecule has 0 amide bonds. The van der Waals surface area contributed by atoms with Gasteiger partial charge in [-0.05, 0) is 101 Å². The standard InChI is InChI=1S/C42H66Cl4N4O3/c43-37-17-15-33(39(45)41(37)51)31-47-23-11-7-3-1-5-9-13-25-49-27-19-35(20-28-49)53-36-21-29-50(30-22-36)26-14-10-6-2-4-8-12-24-48-32-34-16-18-38(44)42(52)40(34)46/h15-18,35-36,47-48,51-52H,1-14,19-32H2. The first kappa shape index (κ1) is 44.7. The van der Waals surface area contributed by atoms with Crippen LogP contribution in [0.15, 0.2) is 24.3 Å². The highest BCUT2D eigenvalue weighted by Gasteiger charge is 2.25. The molecule has 0 bridgehead atoms. The Balaban J connectivity index is 0.876. The van der Waals surface area contributed by atoms with Gasteiger partial charge in [-0.25, -0.2) is 0 Å². The number of nitrogens with zero attached hydrogens (tertiary/aromatic N) is 2. The predicted octanol–water partition coefficient (Wildman–Crippen LogP) is 11.0. The molecular weight excluding hydrogens is 750 g/mol. The highest BCUT2D eigenvalue weighted by molar-refractivity contribution is 6.38. The van der Waals surface area contributed by atoms with Crippen LogP contribution in [0, 0.1) is 0 Å². The lowest BCUT2D eigenvalue weighted by atomic mass is 10.0. The van der Waals surface area contributed by atoms with Crippen molar-refractivity contribution in [1.82, 2.24) is 20.4 Å². The molecule has 2 aromatic carbocycles. The number of nitrogens with one attached hydrogen (secondary N) is 2. The molecular formula is C42H66Cl4N4O3. The Morgan fingerprint density at radius 1 is 0.509 bits per heavy atom. The summed E-state index contributed by atoms with van der Waals surface area (Å²) in [5.74, 6) is -0.0578. The van der Waals surface area contributed by atoms with Crippen molar-refractivity contribution in [3.8, 4) is 11.5 Å². The summed E-state index contributed by atoms with van der Waals surface area (Å²) in [4.78, 5) is 5.32. The number of rotatable bonds is 26. The first-order chi connectivity index (χ1) is 25.8. The molecule has 4 N–H and O–H groups in total. The van der Waals surface area contributed by atoms with E-state index in [1.807, 2.05) is 12.1 Å². The van der Waals surface area contributed by atoms with Crippen LogP contribution in [0.25, 0.3) is 0 Å². The molecule has 11 heteroatoms. The number of piperidine rings is 2. The summed E-state index contributed by atoms with van der Waals surface area (Å²) in [6.45, 7) is 10.5. The van der Waals surface area contributed by atoms with Crippen LogP contribution in [-0.2, 0) is 17.8 Å². The molecule has 2 fully saturated rings. The van der Waals surface area contributed by atoms with E-state index in [2.05, 4.69) is 20.4 Å². The van der Waals surface area contributed by atoms with E-state index in [1.165, 1.54) is 142 Å². The number of ether oxygens (including phenoxy) is 1. The molecule has 2 aliphatic heterocycles. The molecule has 0 atom stereocenters. The first-order valence-electron chi connectivity index (χ1n) is 20.6. The number of likely N-dealkylation sites (tertiary alicyclic amines) is 2. The summed E-state index contributed by atoms with van der Waals surface area (Å²) >= 11 is 24.1. The lowest BCUT2D eigenvalue weighted by Crippen LogP contribution is -2.42. The minimum Gasteiger partial charge on any atom is -0.505 e. The fourth-order valence-electron chi connectivity index (χ4n) is 7.63. The number of hydrogen-bond donors (Lipinski definition) is 4. The summed E-state index contributed by atoms with van der Waals surface area (Å²) < 4.78 is 6.61. The number of benzene rings is 2. The number of hydrogen-bond acceptors (Lipinski definition) is 7. The number of unbranched alkanes of at least 4 members (excludes halogenated alkanes) is 12. The lowest BCUT2D eigenvalue weighted by molar-refractivity contribution is -0.0650. The van der Waals surface area contributed by atoms with E-state index < -0.39 is 0 Å². The number of halogens is 4. The second-order valence-electron chi connectivity index (χ2n) is 15.3. The van der Waals surface area contributed by atoms with Crippen LogP contribution in [0.3, 0.4) is 0 Å². The monoisotopic (exact) mass is 814 g/mol. The third-order valence-corrected chi connectivity index (χ3v) is 12.5. The fraction of sp³-hybridized carbons (Fsp3) is 0.714. The Hall–Kier alpha value is -1.00. The molecule has 2 heterocycles. The number of aromatic hydroxyl groups is 2. The molecule has 0 unspecified atom stereocenters. The van der Waals surface area contributed by atoms with Gasteiger partial charge in [0.1, 0.15) is 0 Å². The van der Waals surface area contributed by atoms with E-state index in [9.17, 15) is 10.2 Å². The number of phenolic OH excluding ortho intramolecular Hbond substituents is 2. The van der Waals surface area contributed by atoms with Crippen molar-refractivity contribution < 1.29 is 14.9 Å². The van der Waals surface area contributed by atoms with Gasteiger partial charge in [-0.1, -0.05) is 123 Å². The van der Waals surface area contributed by atoms with Gasteiger partial charge in [-0.15, -0.1) is 0 Å². The Kier molecular flexibility index (Phi) is 22.0. The predicted molar refractivity (Wildman–Crippen MR) is 224 cm³/mol. The van der Waals surface area contributed by atoms with E-state index in [0.29, 0.717) is 45.4 Å². The zero-order chi connectivity index (χ0) is 37.7. The van der Waals surface area contributed by atoms with Gasteiger partial charge in [0, 0.05) is 39.3 Å². The van der Waals surface area contributed by atoms with E-state index in [1.54, 1.807) is 12.1 Å². The van der Waals surface area contributed by atoms with Crippen LogP contribution in [0.4, 0.5) is 0 Å². The van der Waals surface area contributed by atoms with Gasteiger partial charge in [0.2, 0.25) is 0 Å². The van der Waals surface area contributed by atoms with Crippen LogP contribution in [0.5, 0.6) is 11.5 Å². The van der Waals surface area contributed by atoms with Crippen molar-refractivity contribution in [2.75, 3.05) is 52.4 Å². The average molecular weight is 817 g/mol. The molecule has 0 aromatic heterocycles. The van der Waals surface area contributed by atoms with Crippen LogP contribution in [-0.4, -0.2) is 84.6 Å². The highest BCUT2D eigenvalue weighted by atomic mass is 35.5. The summed E-state index contributed by atoms with van der Waals surface area (Å²) in [5, 5.41) is 27.9.